The van der Waals surface area contributed by atoms with E-state index in [0.717, 1.165) is 16.5 Å². The highest BCUT2D eigenvalue weighted by molar-refractivity contribution is 7.95. The predicted octanol–water partition coefficient (Wildman–Crippen LogP) is 4.79. The standard InChI is InChI=1S/C25H26ClN3O3S/c1-29(2)24(22-10-6-7-11-23(22)26)18-27-25(30)20-12-14-21(15-13-20)28-33(31,32)17-16-19-8-4-3-5-9-19/h3-17,24,28H,18H2,1-2H3,(H,27,30)/b17-16+. The van der Waals surface area contributed by atoms with Crippen LogP contribution < -0.4 is 10.0 Å². The zero-order valence-corrected chi connectivity index (χ0v) is 20.0. The molecule has 8 heteroatoms. The summed E-state index contributed by atoms with van der Waals surface area (Å²) in [7, 11) is 0.167. The molecule has 0 aliphatic rings. The fourth-order valence-electron chi connectivity index (χ4n) is 3.23. The third-order valence-corrected chi connectivity index (χ3v) is 6.35. The van der Waals surface area contributed by atoms with Crippen LogP contribution in [0, 0.1) is 0 Å². The number of hydrogen-bond donors (Lipinski definition) is 2. The molecule has 0 bridgehead atoms. The van der Waals surface area contributed by atoms with Gasteiger partial charge in [0.15, 0.2) is 0 Å². The van der Waals surface area contributed by atoms with Crippen molar-refractivity contribution in [2.45, 2.75) is 6.04 Å². The second-order valence-corrected chi connectivity index (χ2v) is 9.62. The second-order valence-electron chi connectivity index (χ2n) is 7.65. The molecule has 1 unspecified atom stereocenters. The van der Waals surface area contributed by atoms with Crippen LogP contribution in [0.25, 0.3) is 6.08 Å². The molecule has 3 aromatic carbocycles. The quantitative estimate of drug-likeness (QED) is 0.459. The van der Waals surface area contributed by atoms with E-state index in [2.05, 4.69) is 10.0 Å². The Balaban J connectivity index is 1.61. The van der Waals surface area contributed by atoms with Crippen LogP contribution in [0.3, 0.4) is 0 Å². The molecular formula is C25H26ClN3O3S. The smallest absolute Gasteiger partial charge is 0.255 e. The van der Waals surface area contributed by atoms with Crippen LogP contribution >= 0.6 is 11.6 Å². The molecule has 1 atom stereocenters. The van der Waals surface area contributed by atoms with Crippen molar-refractivity contribution in [3.63, 3.8) is 0 Å². The van der Waals surface area contributed by atoms with Crippen LogP contribution in [-0.2, 0) is 10.0 Å². The predicted molar refractivity (Wildman–Crippen MR) is 135 cm³/mol. The molecule has 0 aromatic heterocycles. The maximum Gasteiger partial charge on any atom is 0.255 e. The molecule has 0 spiro atoms. The molecule has 0 saturated heterocycles. The Morgan fingerprint density at radius 3 is 2.24 bits per heavy atom. The lowest BCUT2D eigenvalue weighted by Gasteiger charge is -2.26. The summed E-state index contributed by atoms with van der Waals surface area (Å²) >= 11 is 6.32. The first-order valence-electron chi connectivity index (χ1n) is 10.3. The molecule has 0 saturated carbocycles. The van der Waals surface area contributed by atoms with Gasteiger partial charge in [-0.15, -0.1) is 0 Å². The molecule has 0 fully saturated rings. The van der Waals surface area contributed by atoms with E-state index < -0.39 is 10.0 Å². The zero-order valence-electron chi connectivity index (χ0n) is 18.4. The number of rotatable bonds is 9. The van der Waals surface area contributed by atoms with Crippen LogP contribution in [0.4, 0.5) is 5.69 Å². The third-order valence-electron chi connectivity index (χ3n) is 4.99. The Labute approximate surface area is 199 Å². The topological polar surface area (TPSA) is 78.5 Å². The maximum absolute atomic E-state index is 12.6. The van der Waals surface area contributed by atoms with Crippen LogP contribution in [0.2, 0.25) is 5.02 Å². The summed E-state index contributed by atoms with van der Waals surface area (Å²) in [5, 5.41) is 4.68. The van der Waals surface area contributed by atoms with E-state index in [1.54, 1.807) is 24.3 Å². The van der Waals surface area contributed by atoms with Crippen molar-refractivity contribution in [2.75, 3.05) is 25.4 Å². The number of sulfonamides is 1. The Bertz CT molecular complexity index is 1210. The van der Waals surface area contributed by atoms with Crippen molar-refractivity contribution >= 4 is 39.3 Å². The SMILES string of the molecule is CN(C)C(CNC(=O)c1ccc(NS(=O)(=O)/C=C/c2ccccc2)cc1)c1ccccc1Cl. The molecule has 3 rings (SSSR count). The second kappa shape index (κ2) is 11.1. The van der Waals surface area contributed by atoms with Gasteiger partial charge in [-0.3, -0.25) is 9.52 Å². The summed E-state index contributed by atoms with van der Waals surface area (Å²) in [6, 6.07) is 22.9. The van der Waals surface area contributed by atoms with E-state index in [0.29, 0.717) is 22.8 Å². The third kappa shape index (κ3) is 7.18. The highest BCUT2D eigenvalue weighted by Crippen LogP contribution is 2.25. The summed E-state index contributed by atoms with van der Waals surface area (Å²) in [5.41, 5.74) is 2.50. The fraction of sp³-hybridized carbons (Fsp3) is 0.160. The van der Waals surface area contributed by atoms with Gasteiger partial charge in [0.1, 0.15) is 0 Å². The summed E-state index contributed by atoms with van der Waals surface area (Å²) in [5.74, 6) is -0.257. The van der Waals surface area contributed by atoms with Gasteiger partial charge in [-0.1, -0.05) is 60.1 Å². The lowest BCUT2D eigenvalue weighted by molar-refractivity contribution is 0.0942. The maximum atomic E-state index is 12.6. The summed E-state index contributed by atoms with van der Waals surface area (Å²) in [4.78, 5) is 14.6. The van der Waals surface area contributed by atoms with Crippen LogP contribution in [0.15, 0.2) is 84.3 Å². The summed E-state index contributed by atoms with van der Waals surface area (Å²) < 4.78 is 27.1. The van der Waals surface area contributed by atoms with Crippen molar-refractivity contribution in [1.29, 1.82) is 0 Å². The van der Waals surface area contributed by atoms with Crippen molar-refractivity contribution in [1.82, 2.24) is 10.2 Å². The first kappa shape index (κ1) is 24.5. The largest absolute Gasteiger partial charge is 0.350 e. The minimum absolute atomic E-state index is 0.0925. The Morgan fingerprint density at radius 2 is 1.61 bits per heavy atom. The molecule has 0 radical (unpaired) electrons. The van der Waals surface area contributed by atoms with Crippen molar-refractivity contribution < 1.29 is 13.2 Å². The monoisotopic (exact) mass is 483 g/mol. The van der Waals surface area contributed by atoms with Gasteiger partial charge in [0.2, 0.25) is 0 Å². The van der Waals surface area contributed by atoms with E-state index in [-0.39, 0.29) is 11.9 Å². The van der Waals surface area contributed by atoms with E-state index in [4.69, 9.17) is 11.6 Å². The molecule has 3 aromatic rings. The van der Waals surface area contributed by atoms with E-state index in [9.17, 15) is 13.2 Å². The summed E-state index contributed by atoms with van der Waals surface area (Å²) in [6.45, 7) is 0.369. The number of amides is 1. The van der Waals surface area contributed by atoms with Crippen LogP contribution in [-0.4, -0.2) is 39.9 Å². The van der Waals surface area contributed by atoms with E-state index >= 15 is 0 Å². The molecule has 0 aliphatic carbocycles. The highest BCUT2D eigenvalue weighted by atomic mass is 35.5. The van der Waals surface area contributed by atoms with Crippen LogP contribution in [0.5, 0.6) is 0 Å². The number of benzene rings is 3. The van der Waals surface area contributed by atoms with Gasteiger partial charge in [-0.25, -0.2) is 8.42 Å². The normalized spacial score (nSPS) is 12.6. The minimum Gasteiger partial charge on any atom is -0.350 e. The highest BCUT2D eigenvalue weighted by Gasteiger charge is 2.18. The lowest BCUT2D eigenvalue weighted by Crippen LogP contribution is -2.34. The van der Waals surface area contributed by atoms with Crippen molar-refractivity contribution in [2.24, 2.45) is 0 Å². The number of likely N-dealkylation sites (N-methyl/N-ethyl adjacent to an activating group) is 1. The molecule has 172 valence electrons. The number of carbonyl (C=O) groups is 1. The van der Waals surface area contributed by atoms with Gasteiger partial charge >= 0.3 is 0 Å². The fourth-order valence-corrected chi connectivity index (χ4v) is 4.36. The number of anilines is 1. The number of nitrogens with one attached hydrogen (secondary N) is 2. The van der Waals surface area contributed by atoms with Gasteiger partial charge in [0.25, 0.3) is 15.9 Å². The number of hydrogen-bond acceptors (Lipinski definition) is 4. The molecule has 33 heavy (non-hydrogen) atoms. The van der Waals surface area contributed by atoms with Gasteiger partial charge in [-0.05, 0) is 61.6 Å². The molecular weight excluding hydrogens is 458 g/mol. The average Bonchev–Trinajstić information content (AvgIpc) is 2.79. The first-order valence-corrected chi connectivity index (χ1v) is 12.2. The minimum atomic E-state index is -3.68. The van der Waals surface area contributed by atoms with E-state index in [1.807, 2.05) is 73.6 Å². The summed E-state index contributed by atoms with van der Waals surface area (Å²) in [6.07, 6.45) is 1.52. The number of halogens is 1. The number of nitrogens with zero attached hydrogens (tertiary/aromatic N) is 1. The first-order chi connectivity index (χ1) is 15.7. The van der Waals surface area contributed by atoms with Crippen molar-refractivity contribution in [3.8, 4) is 0 Å². The molecule has 6 nitrogen and oxygen atoms in total. The molecule has 1 amide bonds. The molecule has 0 aliphatic heterocycles. The van der Waals surface area contributed by atoms with Gasteiger partial charge in [0, 0.05) is 22.8 Å². The average molecular weight is 484 g/mol. The van der Waals surface area contributed by atoms with Crippen molar-refractivity contribution in [3.05, 3.63) is 106 Å². The molecule has 0 heterocycles. The zero-order chi connectivity index (χ0) is 23.8. The van der Waals surface area contributed by atoms with Crippen LogP contribution in [0.1, 0.15) is 27.5 Å². The van der Waals surface area contributed by atoms with E-state index in [1.165, 1.54) is 6.08 Å². The Kier molecular flexibility index (Phi) is 8.27. The van der Waals surface area contributed by atoms with Gasteiger partial charge < -0.3 is 10.2 Å². The molecule has 2 N–H and O–H groups in total. The van der Waals surface area contributed by atoms with Gasteiger partial charge in [0.05, 0.1) is 11.4 Å². The Morgan fingerprint density at radius 1 is 0.970 bits per heavy atom. The Hall–Kier alpha value is -3.13. The lowest BCUT2D eigenvalue weighted by atomic mass is 10.1. The van der Waals surface area contributed by atoms with Gasteiger partial charge in [-0.2, -0.15) is 0 Å². The number of carbonyl (C=O) groups excluding carboxylic acids is 1.